The van der Waals surface area contributed by atoms with Gasteiger partial charge in [-0.1, -0.05) is 11.2 Å². The van der Waals surface area contributed by atoms with Crippen LogP contribution in [-0.2, 0) is 6.54 Å². The fraction of sp³-hybridized carbons (Fsp3) is 0.0588. The lowest BCUT2D eigenvalue weighted by atomic mass is 10.1. The number of hydrogen-bond donors (Lipinski definition) is 1. The second kappa shape index (κ2) is 6.71. The second-order valence-electron chi connectivity index (χ2n) is 4.90. The third kappa shape index (κ3) is 3.44. The van der Waals surface area contributed by atoms with Gasteiger partial charge in [0.15, 0.2) is 5.82 Å². The monoisotopic (exact) mass is 322 g/mol. The van der Waals surface area contributed by atoms with Crippen molar-refractivity contribution in [2.24, 2.45) is 0 Å². The van der Waals surface area contributed by atoms with Gasteiger partial charge in [0.2, 0.25) is 0 Å². The lowest BCUT2D eigenvalue weighted by Gasteiger charge is -2.02. The maximum Gasteiger partial charge on any atom is 0.257 e. The van der Waals surface area contributed by atoms with Crippen LogP contribution in [0.3, 0.4) is 0 Å². The van der Waals surface area contributed by atoms with Gasteiger partial charge < -0.3 is 9.84 Å². The molecule has 3 rings (SSSR count). The molecule has 1 N–H and O–H groups in total. The number of rotatable bonds is 4. The number of nitriles is 1. The molecule has 118 valence electrons. The fourth-order valence-electron chi connectivity index (χ4n) is 2.03. The lowest BCUT2D eigenvalue weighted by molar-refractivity contribution is 0.0949. The van der Waals surface area contributed by atoms with E-state index in [9.17, 15) is 9.18 Å². The molecule has 0 bridgehead atoms. The predicted molar refractivity (Wildman–Crippen MR) is 82.0 cm³/mol. The van der Waals surface area contributed by atoms with Crippen LogP contribution >= 0.6 is 0 Å². The number of aromatic nitrogens is 2. The first-order valence-electron chi connectivity index (χ1n) is 7.02. The van der Waals surface area contributed by atoms with Crippen molar-refractivity contribution in [3.8, 4) is 17.5 Å². The van der Waals surface area contributed by atoms with Gasteiger partial charge >= 0.3 is 0 Å². The van der Waals surface area contributed by atoms with Crippen LogP contribution in [0.15, 0.2) is 53.1 Å². The summed E-state index contributed by atoms with van der Waals surface area (Å²) >= 11 is 0. The number of carbonyl (C=O) groups is 1. The van der Waals surface area contributed by atoms with Crippen LogP contribution in [-0.4, -0.2) is 16.0 Å². The van der Waals surface area contributed by atoms with Crippen molar-refractivity contribution in [1.82, 2.24) is 15.5 Å². The Morgan fingerprint density at radius 2 is 2.04 bits per heavy atom. The third-order valence-electron chi connectivity index (χ3n) is 3.22. The normalized spacial score (nSPS) is 10.2. The van der Waals surface area contributed by atoms with E-state index in [1.54, 1.807) is 18.2 Å². The fourth-order valence-corrected chi connectivity index (χ4v) is 2.03. The van der Waals surface area contributed by atoms with E-state index in [1.165, 1.54) is 30.3 Å². The van der Waals surface area contributed by atoms with E-state index < -0.39 is 0 Å². The molecular formula is C17H11FN4O2. The van der Waals surface area contributed by atoms with Gasteiger partial charge in [0.05, 0.1) is 18.2 Å². The van der Waals surface area contributed by atoms with Crippen LogP contribution in [0.1, 0.15) is 21.7 Å². The summed E-state index contributed by atoms with van der Waals surface area (Å²) in [5.41, 5.74) is 1.36. The zero-order chi connectivity index (χ0) is 16.9. The number of amides is 1. The summed E-state index contributed by atoms with van der Waals surface area (Å²) in [4.78, 5) is 16.2. The molecule has 0 atom stereocenters. The molecule has 0 aliphatic carbocycles. The van der Waals surface area contributed by atoms with Gasteiger partial charge in [-0.3, -0.25) is 4.79 Å². The minimum atomic E-state index is -0.356. The Balaban J connectivity index is 1.66. The van der Waals surface area contributed by atoms with E-state index in [-0.39, 0.29) is 24.2 Å². The van der Waals surface area contributed by atoms with E-state index in [1.807, 2.05) is 6.07 Å². The molecule has 0 radical (unpaired) electrons. The Morgan fingerprint density at radius 1 is 1.25 bits per heavy atom. The molecule has 24 heavy (non-hydrogen) atoms. The van der Waals surface area contributed by atoms with Crippen molar-refractivity contribution >= 4 is 5.91 Å². The summed E-state index contributed by atoms with van der Waals surface area (Å²) < 4.78 is 18.0. The van der Waals surface area contributed by atoms with Crippen molar-refractivity contribution in [3.63, 3.8) is 0 Å². The quantitative estimate of drug-likeness (QED) is 0.797. The van der Waals surface area contributed by atoms with E-state index in [0.717, 1.165) is 0 Å². The van der Waals surface area contributed by atoms with Gasteiger partial charge in [-0.25, -0.2) is 4.39 Å². The maximum absolute atomic E-state index is 12.9. The topological polar surface area (TPSA) is 91.8 Å². The lowest BCUT2D eigenvalue weighted by Crippen LogP contribution is -2.23. The summed E-state index contributed by atoms with van der Waals surface area (Å²) in [6.45, 7) is 0.0698. The molecule has 6 nitrogen and oxygen atoms in total. The molecular weight excluding hydrogens is 311 g/mol. The van der Waals surface area contributed by atoms with Gasteiger partial charge in [-0.2, -0.15) is 10.2 Å². The number of nitrogens with zero attached hydrogens (tertiary/aromatic N) is 3. The molecule has 0 unspecified atom stereocenters. The molecule has 0 saturated carbocycles. The van der Waals surface area contributed by atoms with Gasteiger partial charge in [0.1, 0.15) is 5.82 Å². The third-order valence-corrected chi connectivity index (χ3v) is 3.22. The summed E-state index contributed by atoms with van der Waals surface area (Å²) in [6.07, 6.45) is 0. The zero-order valence-corrected chi connectivity index (χ0v) is 12.4. The summed E-state index contributed by atoms with van der Waals surface area (Å²) in [5.74, 6) is -0.171. The zero-order valence-electron chi connectivity index (χ0n) is 12.4. The molecule has 7 heteroatoms. The highest BCUT2D eigenvalue weighted by atomic mass is 19.1. The molecule has 0 aliphatic heterocycles. The van der Waals surface area contributed by atoms with Crippen LogP contribution in [0, 0.1) is 17.1 Å². The Morgan fingerprint density at radius 3 is 2.79 bits per heavy atom. The van der Waals surface area contributed by atoms with E-state index in [4.69, 9.17) is 9.78 Å². The van der Waals surface area contributed by atoms with E-state index in [0.29, 0.717) is 22.5 Å². The largest absolute Gasteiger partial charge is 0.345 e. The average molecular weight is 322 g/mol. The molecule has 2 aromatic carbocycles. The van der Waals surface area contributed by atoms with Crippen LogP contribution < -0.4 is 5.32 Å². The minimum absolute atomic E-state index is 0.0698. The average Bonchev–Trinajstić information content (AvgIpc) is 3.09. The molecule has 0 aliphatic rings. The molecule has 3 aromatic rings. The molecule has 0 spiro atoms. The first-order valence-corrected chi connectivity index (χ1v) is 7.02. The van der Waals surface area contributed by atoms with Crippen LogP contribution in [0.25, 0.3) is 11.5 Å². The molecule has 1 amide bonds. The highest BCUT2D eigenvalue weighted by Gasteiger charge is 2.11. The Kier molecular flexibility index (Phi) is 4.29. The van der Waals surface area contributed by atoms with Crippen LogP contribution in [0.2, 0.25) is 0 Å². The number of nitrogens with one attached hydrogen (secondary N) is 1. The summed E-state index contributed by atoms with van der Waals surface area (Å²) in [5, 5.41) is 15.3. The van der Waals surface area contributed by atoms with Gasteiger partial charge in [-0.15, -0.1) is 0 Å². The predicted octanol–water partition coefficient (Wildman–Crippen LogP) is 2.68. The van der Waals surface area contributed by atoms with Crippen molar-refractivity contribution in [2.45, 2.75) is 6.54 Å². The van der Waals surface area contributed by atoms with Crippen LogP contribution in [0.4, 0.5) is 4.39 Å². The van der Waals surface area contributed by atoms with Crippen LogP contribution in [0.5, 0.6) is 0 Å². The van der Waals surface area contributed by atoms with Crippen molar-refractivity contribution in [2.75, 3.05) is 0 Å². The number of hydrogen-bond acceptors (Lipinski definition) is 5. The first kappa shape index (κ1) is 15.4. The highest BCUT2D eigenvalue weighted by molar-refractivity contribution is 5.94. The van der Waals surface area contributed by atoms with Gasteiger partial charge in [-0.05, 0) is 42.5 Å². The SMILES string of the molecule is N#Cc1cccc(C(=O)NCc2noc(-c3ccc(F)cc3)n2)c1. The van der Waals surface area contributed by atoms with Crippen molar-refractivity contribution < 1.29 is 13.7 Å². The van der Waals surface area contributed by atoms with Gasteiger partial charge in [0.25, 0.3) is 11.8 Å². The van der Waals surface area contributed by atoms with Gasteiger partial charge in [0, 0.05) is 11.1 Å². The Labute approximate surface area is 136 Å². The minimum Gasteiger partial charge on any atom is -0.345 e. The second-order valence-corrected chi connectivity index (χ2v) is 4.90. The van der Waals surface area contributed by atoms with E-state index in [2.05, 4.69) is 15.5 Å². The molecule has 0 saturated heterocycles. The molecule has 0 fully saturated rings. The number of carbonyl (C=O) groups excluding carboxylic acids is 1. The highest BCUT2D eigenvalue weighted by Crippen LogP contribution is 2.17. The number of halogens is 1. The summed E-state index contributed by atoms with van der Waals surface area (Å²) in [7, 11) is 0. The number of benzene rings is 2. The smallest absolute Gasteiger partial charge is 0.257 e. The van der Waals surface area contributed by atoms with Crippen molar-refractivity contribution in [3.05, 3.63) is 71.3 Å². The molecule has 1 aromatic heterocycles. The van der Waals surface area contributed by atoms with E-state index >= 15 is 0 Å². The molecule has 1 heterocycles. The summed E-state index contributed by atoms with van der Waals surface area (Å²) in [6, 6.07) is 14.0. The Bertz CT molecular complexity index is 913. The van der Waals surface area contributed by atoms with Crippen molar-refractivity contribution in [1.29, 1.82) is 5.26 Å². The standard InChI is InChI=1S/C17H11FN4O2/c18-14-6-4-12(5-7-14)17-21-15(22-24-17)10-20-16(23)13-3-1-2-11(8-13)9-19/h1-8H,10H2,(H,20,23). The first-order chi connectivity index (χ1) is 11.7. The Hall–Kier alpha value is -3.53. The maximum atomic E-state index is 12.9.